The second-order valence-corrected chi connectivity index (χ2v) is 18.3. The van der Waals surface area contributed by atoms with Crippen molar-refractivity contribution in [2.75, 3.05) is 4.90 Å². The summed E-state index contributed by atoms with van der Waals surface area (Å²) in [5.41, 5.74) is 15.3. The van der Waals surface area contributed by atoms with E-state index in [0.29, 0.717) is 0 Å². The van der Waals surface area contributed by atoms with E-state index in [1.54, 1.807) is 0 Å². The van der Waals surface area contributed by atoms with Crippen LogP contribution >= 0.6 is 22.7 Å². The Morgan fingerprint density at radius 2 is 0.508 bits per heavy atom. The average Bonchev–Trinajstić information content (AvgIpc) is 3.93. The lowest BCUT2D eigenvalue weighted by Gasteiger charge is -2.26. The van der Waals surface area contributed by atoms with Crippen molar-refractivity contribution in [1.82, 2.24) is 0 Å². The third-order valence-corrected chi connectivity index (χ3v) is 14.5. The SMILES string of the molecule is c1ccc(-c2cc(-c3ccccc3)cc(-c3ccc(N(c4ccc(-c5ccc6c(c5)sc5ccccc56)cc4)c4ccc(-c5ccc6c(c5)sc5ccccc56)cc4)cc3)c2)cc1. The zero-order chi connectivity index (χ0) is 41.7. The van der Waals surface area contributed by atoms with E-state index < -0.39 is 0 Å². The molecule has 12 rings (SSSR count). The lowest BCUT2D eigenvalue weighted by molar-refractivity contribution is 1.28. The number of nitrogens with zero attached hydrogens (tertiary/aromatic N) is 1. The van der Waals surface area contributed by atoms with Gasteiger partial charge in [0.05, 0.1) is 0 Å². The zero-order valence-corrected chi connectivity index (χ0v) is 35.9. The molecule has 1 nitrogen and oxygen atoms in total. The summed E-state index contributed by atoms with van der Waals surface area (Å²) in [4.78, 5) is 2.37. The largest absolute Gasteiger partial charge is 0.311 e. The average molecular weight is 838 g/mol. The molecule has 3 heteroatoms. The van der Waals surface area contributed by atoms with E-state index in [9.17, 15) is 0 Å². The van der Waals surface area contributed by atoms with Gasteiger partial charge in [0.25, 0.3) is 0 Å². The van der Waals surface area contributed by atoms with Crippen molar-refractivity contribution >= 4 is 80.1 Å². The van der Waals surface area contributed by atoms with Crippen LogP contribution in [0.3, 0.4) is 0 Å². The molecule has 0 bridgehead atoms. The number of benzene rings is 10. The quantitative estimate of drug-likeness (QED) is 0.147. The fraction of sp³-hybridized carbons (Fsp3) is 0. The van der Waals surface area contributed by atoms with Crippen molar-refractivity contribution < 1.29 is 0 Å². The Balaban J connectivity index is 0.922. The molecule has 63 heavy (non-hydrogen) atoms. The first-order valence-corrected chi connectivity index (χ1v) is 23.0. The van der Waals surface area contributed by atoms with Crippen LogP contribution < -0.4 is 4.90 Å². The van der Waals surface area contributed by atoms with Crippen LogP contribution in [0.15, 0.2) is 237 Å². The van der Waals surface area contributed by atoms with E-state index in [-0.39, 0.29) is 0 Å². The van der Waals surface area contributed by atoms with Gasteiger partial charge in [0, 0.05) is 57.4 Å². The van der Waals surface area contributed by atoms with Crippen LogP contribution in [0, 0.1) is 0 Å². The molecule has 0 radical (unpaired) electrons. The van der Waals surface area contributed by atoms with E-state index in [2.05, 4.69) is 241 Å². The summed E-state index contributed by atoms with van der Waals surface area (Å²) < 4.78 is 5.29. The number of anilines is 3. The second-order valence-electron chi connectivity index (χ2n) is 16.1. The summed E-state index contributed by atoms with van der Waals surface area (Å²) >= 11 is 3.73. The Hall–Kier alpha value is -7.56. The lowest BCUT2D eigenvalue weighted by atomic mass is 9.93. The van der Waals surface area contributed by atoms with E-state index >= 15 is 0 Å². The standard InChI is InChI=1S/C60H39NS2/c1-3-11-40(12-4-1)47-35-48(41-13-5-2-6-14-41)37-49(36-47)44-23-31-52(32-24-44)61(50-27-19-42(20-28-50)45-25-33-55-53-15-7-9-17-57(53)62-59(55)38-45)51-29-21-43(22-30-51)46-26-34-56-54-16-8-10-18-58(54)63-60(56)39-46/h1-39H. The van der Waals surface area contributed by atoms with Gasteiger partial charge in [0.2, 0.25) is 0 Å². The van der Waals surface area contributed by atoms with Crippen molar-refractivity contribution in [3.05, 3.63) is 237 Å². The number of rotatable bonds is 8. The van der Waals surface area contributed by atoms with Crippen LogP contribution in [0.4, 0.5) is 17.1 Å². The number of thiophene rings is 2. The van der Waals surface area contributed by atoms with Crippen molar-refractivity contribution in [1.29, 1.82) is 0 Å². The van der Waals surface area contributed by atoms with Crippen molar-refractivity contribution in [2.45, 2.75) is 0 Å². The Kier molecular flexibility index (Phi) is 9.29. The maximum atomic E-state index is 2.37. The minimum atomic E-state index is 1.10. The van der Waals surface area contributed by atoms with Gasteiger partial charge < -0.3 is 4.90 Å². The third kappa shape index (κ3) is 6.98. The summed E-state index contributed by atoms with van der Waals surface area (Å²) in [6, 6.07) is 86.6. The van der Waals surface area contributed by atoms with Gasteiger partial charge in [0.15, 0.2) is 0 Å². The molecule has 12 aromatic rings. The molecule has 0 aliphatic carbocycles. The van der Waals surface area contributed by atoms with Crippen LogP contribution in [0.2, 0.25) is 0 Å². The maximum absolute atomic E-state index is 2.37. The first-order chi connectivity index (χ1) is 31.2. The van der Waals surface area contributed by atoms with Crippen molar-refractivity contribution in [2.24, 2.45) is 0 Å². The topological polar surface area (TPSA) is 3.24 Å². The molecule has 2 heterocycles. The molecule has 0 unspecified atom stereocenters. The smallest absolute Gasteiger partial charge is 0.0462 e. The molecule has 0 aliphatic heterocycles. The van der Waals surface area contributed by atoms with Crippen molar-refractivity contribution in [3.8, 4) is 55.6 Å². The predicted molar refractivity (Wildman–Crippen MR) is 274 cm³/mol. The van der Waals surface area contributed by atoms with Crippen LogP contribution in [0.5, 0.6) is 0 Å². The van der Waals surface area contributed by atoms with Crippen LogP contribution in [0.1, 0.15) is 0 Å². The van der Waals surface area contributed by atoms with Gasteiger partial charge >= 0.3 is 0 Å². The molecule has 10 aromatic carbocycles. The van der Waals surface area contributed by atoms with E-state index in [1.807, 2.05) is 22.7 Å². The first kappa shape index (κ1) is 37.2. The molecule has 0 saturated heterocycles. The minimum absolute atomic E-state index is 1.10. The Morgan fingerprint density at radius 3 is 0.905 bits per heavy atom. The Bertz CT molecular complexity index is 3370. The van der Waals surface area contributed by atoms with E-state index in [1.165, 1.54) is 96.0 Å². The third-order valence-electron chi connectivity index (χ3n) is 12.3. The van der Waals surface area contributed by atoms with Gasteiger partial charge in [-0.1, -0.05) is 158 Å². The fourth-order valence-electron chi connectivity index (χ4n) is 9.06. The summed E-state index contributed by atoms with van der Waals surface area (Å²) in [7, 11) is 0. The molecule has 0 amide bonds. The summed E-state index contributed by atoms with van der Waals surface area (Å²) in [5.74, 6) is 0. The summed E-state index contributed by atoms with van der Waals surface area (Å²) in [5, 5.41) is 5.29. The highest BCUT2D eigenvalue weighted by Gasteiger charge is 2.16. The summed E-state index contributed by atoms with van der Waals surface area (Å²) in [6.45, 7) is 0. The minimum Gasteiger partial charge on any atom is -0.311 e. The van der Waals surface area contributed by atoms with Gasteiger partial charge in [-0.25, -0.2) is 0 Å². The maximum Gasteiger partial charge on any atom is 0.0462 e. The van der Waals surface area contributed by atoms with E-state index in [4.69, 9.17) is 0 Å². The second kappa shape index (κ2) is 15.7. The van der Waals surface area contributed by atoms with Crippen molar-refractivity contribution in [3.63, 3.8) is 0 Å². The molecule has 0 spiro atoms. The number of hydrogen-bond donors (Lipinski definition) is 0. The highest BCUT2D eigenvalue weighted by Crippen LogP contribution is 2.42. The lowest BCUT2D eigenvalue weighted by Crippen LogP contribution is -2.09. The molecule has 0 aliphatic rings. The molecule has 2 aromatic heterocycles. The Morgan fingerprint density at radius 1 is 0.206 bits per heavy atom. The highest BCUT2D eigenvalue weighted by molar-refractivity contribution is 7.26. The fourth-order valence-corrected chi connectivity index (χ4v) is 11.3. The van der Waals surface area contributed by atoms with Gasteiger partial charge in [-0.05, 0) is 134 Å². The monoisotopic (exact) mass is 837 g/mol. The Labute approximate surface area is 375 Å². The van der Waals surface area contributed by atoms with Crippen LogP contribution in [-0.4, -0.2) is 0 Å². The molecular formula is C60H39NS2. The molecular weight excluding hydrogens is 799 g/mol. The number of fused-ring (bicyclic) bond motifs is 6. The molecule has 0 N–H and O–H groups in total. The highest BCUT2D eigenvalue weighted by atomic mass is 32.1. The van der Waals surface area contributed by atoms with Gasteiger partial charge in [0.1, 0.15) is 0 Å². The number of hydrogen-bond acceptors (Lipinski definition) is 3. The zero-order valence-electron chi connectivity index (χ0n) is 34.3. The summed E-state index contributed by atoms with van der Waals surface area (Å²) in [6.07, 6.45) is 0. The van der Waals surface area contributed by atoms with Gasteiger partial charge in [-0.3, -0.25) is 0 Å². The van der Waals surface area contributed by atoms with E-state index in [0.717, 1.165) is 17.1 Å². The van der Waals surface area contributed by atoms with Gasteiger partial charge in [-0.2, -0.15) is 0 Å². The van der Waals surface area contributed by atoms with Crippen LogP contribution in [0.25, 0.3) is 96.0 Å². The molecule has 0 atom stereocenters. The molecule has 0 saturated carbocycles. The first-order valence-electron chi connectivity index (χ1n) is 21.4. The molecule has 0 fully saturated rings. The van der Waals surface area contributed by atoms with Crippen LogP contribution in [-0.2, 0) is 0 Å². The normalized spacial score (nSPS) is 11.5. The van der Waals surface area contributed by atoms with Gasteiger partial charge in [-0.15, -0.1) is 22.7 Å². The predicted octanol–water partition coefficient (Wildman–Crippen LogP) is 18.2. The molecule has 296 valence electrons.